The number of hydrogen-bond acceptors (Lipinski definition) is 7. The van der Waals surface area contributed by atoms with E-state index in [1.54, 1.807) is 0 Å². The van der Waals surface area contributed by atoms with Crippen LogP contribution >= 0.6 is 7.82 Å². The van der Waals surface area contributed by atoms with Crippen molar-refractivity contribution in [1.29, 1.82) is 0 Å². The molecule has 0 aliphatic rings. The van der Waals surface area contributed by atoms with Crippen molar-refractivity contribution in [1.82, 2.24) is 0 Å². The quantitative estimate of drug-likeness (QED) is 0.0217. The van der Waals surface area contributed by atoms with E-state index in [0.29, 0.717) is 23.9 Å². The van der Waals surface area contributed by atoms with Crippen LogP contribution in [0.5, 0.6) is 0 Å². The van der Waals surface area contributed by atoms with E-state index in [1.807, 2.05) is 21.1 Å². The zero-order valence-electron chi connectivity index (χ0n) is 35.2. The number of phosphoric ester groups is 1. The number of likely N-dealkylation sites (N-methyl/N-ethyl adjacent to an activating group) is 1. The Balaban J connectivity index is 4.44. The molecule has 0 spiro atoms. The van der Waals surface area contributed by atoms with Crippen LogP contribution in [0.4, 0.5) is 0 Å². The first-order chi connectivity index (χ1) is 26.0. The standard InChI is InChI=1S/C44H80NO8P/c1-6-8-10-12-14-16-18-20-22-24-26-28-30-32-34-36-43(46)50-40-42(41-52-54(48,49)51-39-38-45(3,4)5)53-44(47)37-35-33-31-29-27-25-23-21-19-17-15-13-11-9-7-2/h8,10,14,16,20,22,27,29,42H,6-7,9,11-13,15,17-19,21,23-26,28,30-41H2,1-5H3/p+1/b10-8+,16-14+,22-20+,29-27+/t42-/m1/s1. The van der Waals surface area contributed by atoms with Gasteiger partial charge in [-0.05, 0) is 70.6 Å². The van der Waals surface area contributed by atoms with E-state index < -0.39 is 32.5 Å². The van der Waals surface area contributed by atoms with Gasteiger partial charge in [0.25, 0.3) is 0 Å². The lowest BCUT2D eigenvalue weighted by Crippen LogP contribution is -2.37. The summed E-state index contributed by atoms with van der Waals surface area (Å²) in [6.07, 6.45) is 41.6. The number of rotatable bonds is 38. The van der Waals surface area contributed by atoms with Crippen molar-refractivity contribution in [3.63, 3.8) is 0 Å². The van der Waals surface area contributed by atoms with Gasteiger partial charge in [0.15, 0.2) is 6.10 Å². The summed E-state index contributed by atoms with van der Waals surface area (Å²) in [7, 11) is 1.45. The van der Waals surface area contributed by atoms with Crippen molar-refractivity contribution in [3.05, 3.63) is 48.6 Å². The second kappa shape index (κ2) is 36.6. The number of hydrogen-bond donors (Lipinski definition) is 1. The number of unbranched alkanes of at least 4 members (excludes halogenated alkanes) is 16. The molecule has 0 rings (SSSR count). The topological polar surface area (TPSA) is 108 Å². The third-order valence-corrected chi connectivity index (χ3v) is 9.83. The van der Waals surface area contributed by atoms with Crippen molar-refractivity contribution in [2.75, 3.05) is 47.5 Å². The highest BCUT2D eigenvalue weighted by Crippen LogP contribution is 2.43. The van der Waals surface area contributed by atoms with Crippen LogP contribution < -0.4 is 0 Å². The average molecular weight is 783 g/mol. The Morgan fingerprint density at radius 3 is 1.63 bits per heavy atom. The Kier molecular flexibility index (Phi) is 35.2. The summed E-state index contributed by atoms with van der Waals surface area (Å²) in [6, 6.07) is 0. The predicted octanol–water partition coefficient (Wildman–Crippen LogP) is 11.9. The minimum atomic E-state index is -4.38. The fourth-order valence-electron chi connectivity index (χ4n) is 5.49. The maximum atomic E-state index is 12.7. The van der Waals surface area contributed by atoms with Gasteiger partial charge in [-0.25, -0.2) is 4.57 Å². The van der Waals surface area contributed by atoms with Crippen molar-refractivity contribution < 1.29 is 42.1 Å². The molecule has 0 aliphatic heterocycles. The second-order valence-corrected chi connectivity index (χ2v) is 16.8. The van der Waals surface area contributed by atoms with Crippen LogP contribution in [-0.4, -0.2) is 74.9 Å². The van der Waals surface area contributed by atoms with Crippen LogP contribution in [0.25, 0.3) is 0 Å². The highest BCUT2D eigenvalue weighted by atomic mass is 31.2. The predicted molar refractivity (Wildman–Crippen MR) is 224 cm³/mol. The first-order valence-corrected chi connectivity index (χ1v) is 22.9. The smallest absolute Gasteiger partial charge is 0.462 e. The highest BCUT2D eigenvalue weighted by Gasteiger charge is 2.27. The summed E-state index contributed by atoms with van der Waals surface area (Å²) in [4.78, 5) is 35.3. The molecule has 0 heterocycles. The van der Waals surface area contributed by atoms with Crippen LogP contribution in [0.15, 0.2) is 48.6 Å². The van der Waals surface area contributed by atoms with Gasteiger partial charge in [-0.3, -0.25) is 18.6 Å². The van der Waals surface area contributed by atoms with Crippen LogP contribution in [0.1, 0.15) is 168 Å². The van der Waals surface area contributed by atoms with Gasteiger partial charge >= 0.3 is 19.8 Å². The lowest BCUT2D eigenvalue weighted by atomic mass is 10.1. The zero-order valence-corrected chi connectivity index (χ0v) is 36.1. The molecule has 0 aromatic rings. The summed E-state index contributed by atoms with van der Waals surface area (Å²) >= 11 is 0. The molecule has 0 aromatic carbocycles. The third kappa shape index (κ3) is 39.7. The number of nitrogens with zero attached hydrogens (tertiary/aromatic N) is 1. The first-order valence-electron chi connectivity index (χ1n) is 21.4. The van der Waals surface area contributed by atoms with Gasteiger partial charge < -0.3 is 18.9 Å². The molecule has 0 radical (unpaired) electrons. The van der Waals surface area contributed by atoms with Crippen molar-refractivity contribution >= 4 is 19.8 Å². The molecule has 9 nitrogen and oxygen atoms in total. The van der Waals surface area contributed by atoms with Gasteiger partial charge in [0.2, 0.25) is 0 Å². The number of ether oxygens (including phenoxy) is 2. The van der Waals surface area contributed by atoms with Crippen LogP contribution in [0, 0.1) is 0 Å². The Morgan fingerprint density at radius 2 is 1.06 bits per heavy atom. The summed E-state index contributed by atoms with van der Waals surface area (Å²) in [6.45, 7) is 4.26. The lowest BCUT2D eigenvalue weighted by molar-refractivity contribution is -0.870. The van der Waals surface area contributed by atoms with Gasteiger partial charge in [0.1, 0.15) is 19.8 Å². The summed E-state index contributed by atoms with van der Waals surface area (Å²) in [5, 5.41) is 0. The Bertz CT molecular complexity index is 1070. The average Bonchev–Trinajstić information content (AvgIpc) is 3.12. The molecule has 54 heavy (non-hydrogen) atoms. The molecule has 314 valence electrons. The number of phosphoric acid groups is 1. The van der Waals surface area contributed by atoms with Crippen LogP contribution in [0.3, 0.4) is 0 Å². The van der Waals surface area contributed by atoms with Gasteiger partial charge in [-0.2, -0.15) is 0 Å². The molecular weight excluding hydrogens is 701 g/mol. The molecular formula is C44H81NO8P+. The number of carbonyl (C=O) groups is 2. The van der Waals surface area contributed by atoms with E-state index >= 15 is 0 Å². The van der Waals surface area contributed by atoms with Gasteiger partial charge in [0, 0.05) is 12.8 Å². The SMILES string of the molecule is CC/C=C/C/C=C/C/C=C/CCCCCCCC(=O)OC[C@H](COP(=O)(O)OCC[N+](C)(C)C)OC(=O)CCCC/C=C/CCCCCCCCCCC. The summed E-state index contributed by atoms with van der Waals surface area (Å²) in [5.74, 6) is -0.846. The van der Waals surface area contributed by atoms with E-state index in [4.69, 9.17) is 18.5 Å². The molecule has 0 aromatic heterocycles. The normalized spacial score (nSPS) is 14.1. The Hall–Kier alpha value is -2.03. The molecule has 0 aliphatic carbocycles. The Labute approximate surface area is 331 Å². The molecule has 1 N–H and O–H groups in total. The van der Waals surface area contributed by atoms with Gasteiger partial charge in [0.05, 0.1) is 27.7 Å². The minimum absolute atomic E-state index is 0.0239. The molecule has 0 saturated carbocycles. The summed E-state index contributed by atoms with van der Waals surface area (Å²) < 4.78 is 34.2. The third-order valence-electron chi connectivity index (χ3n) is 8.84. The molecule has 10 heteroatoms. The largest absolute Gasteiger partial charge is 0.472 e. The monoisotopic (exact) mass is 783 g/mol. The van der Waals surface area contributed by atoms with Crippen molar-refractivity contribution in [3.8, 4) is 0 Å². The van der Waals surface area contributed by atoms with Crippen LogP contribution in [0.2, 0.25) is 0 Å². The van der Waals surface area contributed by atoms with Crippen molar-refractivity contribution in [2.24, 2.45) is 0 Å². The zero-order chi connectivity index (χ0) is 40.0. The fraction of sp³-hybridized carbons (Fsp3) is 0.773. The first kappa shape index (κ1) is 52.0. The van der Waals surface area contributed by atoms with E-state index in [0.717, 1.165) is 70.6 Å². The second-order valence-electron chi connectivity index (χ2n) is 15.3. The number of allylic oxidation sites excluding steroid dienone is 8. The number of esters is 2. The number of carbonyl (C=O) groups excluding carboxylic acids is 2. The van der Waals surface area contributed by atoms with Crippen molar-refractivity contribution in [2.45, 2.75) is 174 Å². The van der Waals surface area contributed by atoms with E-state index in [2.05, 4.69) is 62.5 Å². The summed E-state index contributed by atoms with van der Waals surface area (Å²) in [5.41, 5.74) is 0. The van der Waals surface area contributed by atoms with Gasteiger partial charge in [-0.1, -0.05) is 133 Å². The molecule has 0 fully saturated rings. The Morgan fingerprint density at radius 1 is 0.593 bits per heavy atom. The molecule has 1 unspecified atom stereocenters. The van der Waals surface area contributed by atoms with Gasteiger partial charge in [-0.15, -0.1) is 0 Å². The molecule has 2 atom stereocenters. The van der Waals surface area contributed by atoms with E-state index in [1.165, 1.54) is 57.8 Å². The molecule has 0 bridgehead atoms. The minimum Gasteiger partial charge on any atom is -0.462 e. The molecule has 0 amide bonds. The van der Waals surface area contributed by atoms with E-state index in [9.17, 15) is 19.0 Å². The maximum Gasteiger partial charge on any atom is 0.472 e. The fourth-order valence-corrected chi connectivity index (χ4v) is 6.23. The number of quaternary nitrogens is 1. The highest BCUT2D eigenvalue weighted by molar-refractivity contribution is 7.47. The van der Waals surface area contributed by atoms with Crippen LogP contribution in [-0.2, 0) is 32.7 Å². The lowest BCUT2D eigenvalue weighted by Gasteiger charge is -2.24. The van der Waals surface area contributed by atoms with E-state index in [-0.39, 0.29) is 26.1 Å². The molecule has 0 saturated heterocycles. The maximum absolute atomic E-state index is 12.7.